The molecule has 0 aromatic heterocycles. The third kappa shape index (κ3) is 5.44. The number of rotatable bonds is 7. The first kappa shape index (κ1) is 12.9. The Balaban J connectivity index is 2.00. The van der Waals surface area contributed by atoms with Crippen molar-refractivity contribution in [1.29, 1.82) is 0 Å². The van der Waals surface area contributed by atoms with E-state index in [0.29, 0.717) is 19.8 Å². The van der Waals surface area contributed by atoms with Crippen LogP contribution in [0.25, 0.3) is 0 Å². The van der Waals surface area contributed by atoms with Crippen LogP contribution >= 0.6 is 0 Å². The molecule has 1 saturated heterocycles. The van der Waals surface area contributed by atoms with E-state index < -0.39 is 0 Å². The average Bonchev–Trinajstić information content (AvgIpc) is 2.29. The zero-order valence-corrected chi connectivity index (χ0v) is 9.48. The maximum absolute atomic E-state index is 5.56. The molecule has 0 aromatic rings. The van der Waals surface area contributed by atoms with Crippen molar-refractivity contribution in [1.82, 2.24) is 4.90 Å². The first-order chi connectivity index (χ1) is 7.36. The first-order valence-electron chi connectivity index (χ1n) is 5.47. The summed E-state index contributed by atoms with van der Waals surface area (Å²) < 4.78 is 15.8. The van der Waals surface area contributed by atoms with Crippen molar-refractivity contribution in [3.8, 4) is 0 Å². The van der Waals surface area contributed by atoms with Gasteiger partial charge in [0.2, 0.25) is 0 Å². The van der Waals surface area contributed by atoms with Gasteiger partial charge in [0.15, 0.2) is 0 Å². The van der Waals surface area contributed by atoms with Crippen LogP contribution in [0.4, 0.5) is 0 Å². The fraction of sp³-hybridized carbons (Fsp3) is 1.00. The molecule has 0 amide bonds. The predicted octanol–water partition coefficient (Wildman–Crippen LogP) is -0.691. The fourth-order valence-electron chi connectivity index (χ4n) is 1.56. The van der Waals surface area contributed by atoms with Gasteiger partial charge < -0.3 is 19.9 Å². The van der Waals surface area contributed by atoms with Gasteiger partial charge in [0.05, 0.1) is 32.5 Å². The second-order valence-corrected chi connectivity index (χ2v) is 3.63. The Labute approximate surface area is 91.5 Å². The van der Waals surface area contributed by atoms with Gasteiger partial charge in [0.1, 0.15) is 0 Å². The highest BCUT2D eigenvalue weighted by atomic mass is 16.5. The Morgan fingerprint density at radius 1 is 1.40 bits per heavy atom. The Morgan fingerprint density at radius 3 is 3.00 bits per heavy atom. The first-order valence-corrected chi connectivity index (χ1v) is 5.47. The van der Waals surface area contributed by atoms with Gasteiger partial charge in [-0.1, -0.05) is 0 Å². The summed E-state index contributed by atoms with van der Waals surface area (Å²) >= 11 is 0. The largest absolute Gasteiger partial charge is 0.382 e. The minimum absolute atomic E-state index is 0.192. The molecule has 2 N–H and O–H groups in total. The molecule has 0 bridgehead atoms. The van der Waals surface area contributed by atoms with E-state index in [2.05, 4.69) is 4.90 Å². The maximum atomic E-state index is 5.56. The van der Waals surface area contributed by atoms with Crippen LogP contribution in [0.15, 0.2) is 0 Å². The quantitative estimate of drug-likeness (QED) is 0.573. The number of nitrogens with zero attached hydrogens (tertiary/aromatic N) is 1. The standard InChI is InChI=1S/C10H22N2O3/c1-13-6-7-14-4-2-12-3-5-15-10(8-11)9-12/h10H,2-9,11H2,1H3. The lowest BCUT2D eigenvalue weighted by Crippen LogP contribution is -2.46. The molecule has 15 heavy (non-hydrogen) atoms. The van der Waals surface area contributed by atoms with Gasteiger partial charge >= 0.3 is 0 Å². The van der Waals surface area contributed by atoms with E-state index in [1.807, 2.05) is 0 Å². The smallest absolute Gasteiger partial charge is 0.0824 e. The zero-order chi connectivity index (χ0) is 10.9. The number of hydrogen-bond acceptors (Lipinski definition) is 5. The number of hydrogen-bond donors (Lipinski definition) is 1. The Hall–Kier alpha value is -0.200. The molecule has 5 heteroatoms. The molecule has 1 aliphatic rings. The van der Waals surface area contributed by atoms with E-state index in [9.17, 15) is 0 Å². The van der Waals surface area contributed by atoms with Crippen molar-refractivity contribution in [2.24, 2.45) is 5.73 Å². The van der Waals surface area contributed by atoms with Crippen molar-refractivity contribution in [3.05, 3.63) is 0 Å². The zero-order valence-electron chi connectivity index (χ0n) is 9.48. The minimum Gasteiger partial charge on any atom is -0.382 e. The summed E-state index contributed by atoms with van der Waals surface area (Å²) in [4.78, 5) is 2.33. The topological polar surface area (TPSA) is 57.0 Å². The molecule has 0 aliphatic carbocycles. The lowest BCUT2D eigenvalue weighted by atomic mass is 10.3. The Morgan fingerprint density at radius 2 is 2.27 bits per heavy atom. The summed E-state index contributed by atoms with van der Waals surface area (Å²) in [6.45, 7) is 6.30. The van der Waals surface area contributed by atoms with Crippen LogP contribution in [0.2, 0.25) is 0 Å². The van der Waals surface area contributed by atoms with Gasteiger partial charge in [-0.25, -0.2) is 0 Å². The predicted molar refractivity (Wildman–Crippen MR) is 57.9 cm³/mol. The molecule has 1 unspecified atom stereocenters. The lowest BCUT2D eigenvalue weighted by molar-refractivity contribution is -0.0333. The van der Waals surface area contributed by atoms with Crippen LogP contribution in [0, 0.1) is 0 Å². The van der Waals surface area contributed by atoms with Crippen molar-refractivity contribution < 1.29 is 14.2 Å². The molecule has 0 spiro atoms. The summed E-state index contributed by atoms with van der Waals surface area (Å²) in [6.07, 6.45) is 0.192. The number of ether oxygens (including phenoxy) is 3. The highest BCUT2D eigenvalue weighted by Gasteiger charge is 2.18. The SMILES string of the molecule is COCCOCCN1CCOC(CN)C1. The Bertz CT molecular complexity index is 158. The summed E-state index contributed by atoms with van der Waals surface area (Å²) in [7, 11) is 1.68. The summed E-state index contributed by atoms with van der Waals surface area (Å²) in [5, 5.41) is 0. The van der Waals surface area contributed by atoms with E-state index in [1.165, 1.54) is 0 Å². The molecule has 0 radical (unpaired) electrons. The van der Waals surface area contributed by atoms with E-state index in [0.717, 1.165) is 32.8 Å². The van der Waals surface area contributed by atoms with Crippen LogP contribution in [0.1, 0.15) is 0 Å². The van der Waals surface area contributed by atoms with Crippen molar-refractivity contribution >= 4 is 0 Å². The Kier molecular flexibility index (Phi) is 6.87. The van der Waals surface area contributed by atoms with Gasteiger partial charge in [-0.3, -0.25) is 4.90 Å². The monoisotopic (exact) mass is 218 g/mol. The molecule has 1 aliphatic heterocycles. The molecule has 0 saturated carbocycles. The van der Waals surface area contributed by atoms with E-state index in [-0.39, 0.29) is 6.10 Å². The molecule has 0 aromatic carbocycles. The van der Waals surface area contributed by atoms with Gasteiger partial charge in [-0.2, -0.15) is 0 Å². The fourth-order valence-corrected chi connectivity index (χ4v) is 1.56. The second-order valence-electron chi connectivity index (χ2n) is 3.63. The molecule has 1 heterocycles. The van der Waals surface area contributed by atoms with Crippen LogP contribution in [0.5, 0.6) is 0 Å². The summed E-state index contributed by atoms with van der Waals surface area (Å²) in [5.74, 6) is 0. The third-order valence-electron chi connectivity index (χ3n) is 2.47. The second kappa shape index (κ2) is 8.01. The molecule has 90 valence electrons. The normalized spacial score (nSPS) is 23.2. The van der Waals surface area contributed by atoms with E-state index in [4.69, 9.17) is 19.9 Å². The highest BCUT2D eigenvalue weighted by Crippen LogP contribution is 2.03. The van der Waals surface area contributed by atoms with Gasteiger partial charge in [-0.05, 0) is 0 Å². The lowest BCUT2D eigenvalue weighted by Gasteiger charge is -2.32. The number of nitrogens with two attached hydrogens (primary N) is 1. The molecular formula is C10H22N2O3. The van der Waals surface area contributed by atoms with Crippen LogP contribution in [0.3, 0.4) is 0 Å². The molecule has 5 nitrogen and oxygen atoms in total. The van der Waals surface area contributed by atoms with Crippen molar-refractivity contribution in [2.75, 3.05) is 59.7 Å². The van der Waals surface area contributed by atoms with E-state index >= 15 is 0 Å². The van der Waals surface area contributed by atoms with E-state index in [1.54, 1.807) is 7.11 Å². The van der Waals surface area contributed by atoms with Crippen LogP contribution in [-0.2, 0) is 14.2 Å². The summed E-state index contributed by atoms with van der Waals surface area (Å²) in [5.41, 5.74) is 5.56. The molecule has 1 fully saturated rings. The number of methoxy groups -OCH3 is 1. The maximum Gasteiger partial charge on any atom is 0.0824 e. The highest BCUT2D eigenvalue weighted by molar-refractivity contribution is 4.71. The average molecular weight is 218 g/mol. The molecule has 1 rings (SSSR count). The van der Waals surface area contributed by atoms with Gasteiger partial charge in [-0.15, -0.1) is 0 Å². The van der Waals surface area contributed by atoms with Crippen LogP contribution < -0.4 is 5.73 Å². The number of morpholine rings is 1. The summed E-state index contributed by atoms with van der Waals surface area (Å²) in [6, 6.07) is 0. The molecule has 1 atom stereocenters. The third-order valence-corrected chi connectivity index (χ3v) is 2.47. The molecular weight excluding hydrogens is 196 g/mol. The van der Waals surface area contributed by atoms with Crippen LogP contribution in [-0.4, -0.2) is 70.7 Å². The van der Waals surface area contributed by atoms with Gasteiger partial charge in [0.25, 0.3) is 0 Å². The van der Waals surface area contributed by atoms with Crippen molar-refractivity contribution in [3.63, 3.8) is 0 Å². The minimum atomic E-state index is 0.192. The van der Waals surface area contributed by atoms with Gasteiger partial charge in [0, 0.05) is 33.3 Å². The van der Waals surface area contributed by atoms with Crippen molar-refractivity contribution in [2.45, 2.75) is 6.10 Å².